The number of nitrogens with zero attached hydrogens (tertiary/aromatic N) is 2. The maximum absolute atomic E-state index is 11.8. The van der Waals surface area contributed by atoms with Gasteiger partial charge >= 0.3 is 5.97 Å². The molecule has 0 aliphatic heterocycles. The minimum atomic E-state index is -0.683. The van der Waals surface area contributed by atoms with E-state index in [2.05, 4.69) is 9.98 Å². The molecular weight excluding hydrogens is 262 g/mol. The molecular formula is C12H15N5O3. The molecule has 0 unspecified atom stereocenters. The van der Waals surface area contributed by atoms with Crippen LogP contribution in [0.2, 0.25) is 0 Å². The fourth-order valence-corrected chi connectivity index (χ4v) is 1.27. The van der Waals surface area contributed by atoms with Gasteiger partial charge in [0.2, 0.25) is 5.96 Å². The van der Waals surface area contributed by atoms with Gasteiger partial charge in [-0.3, -0.25) is 4.79 Å². The van der Waals surface area contributed by atoms with Crippen molar-refractivity contribution in [1.82, 2.24) is 0 Å². The zero-order chi connectivity index (χ0) is 15.1. The van der Waals surface area contributed by atoms with E-state index in [0.717, 1.165) is 0 Å². The predicted octanol–water partition coefficient (Wildman–Crippen LogP) is -0.348. The molecule has 0 fully saturated rings. The van der Waals surface area contributed by atoms with Gasteiger partial charge in [0.1, 0.15) is 6.61 Å². The highest BCUT2D eigenvalue weighted by atomic mass is 16.5. The van der Waals surface area contributed by atoms with Crippen molar-refractivity contribution in [1.29, 1.82) is 0 Å². The molecule has 20 heavy (non-hydrogen) atoms. The van der Waals surface area contributed by atoms with Crippen molar-refractivity contribution in [2.24, 2.45) is 27.2 Å². The first-order valence-electron chi connectivity index (χ1n) is 5.59. The Bertz CT molecular complexity index is 576. The van der Waals surface area contributed by atoms with Crippen molar-refractivity contribution in [2.45, 2.75) is 6.92 Å². The van der Waals surface area contributed by atoms with E-state index < -0.39 is 5.97 Å². The first kappa shape index (κ1) is 15.2. The van der Waals surface area contributed by atoms with Crippen LogP contribution in [-0.2, 0) is 9.53 Å². The molecule has 0 aliphatic rings. The Balaban J connectivity index is 3.02. The van der Waals surface area contributed by atoms with Gasteiger partial charge in [0, 0.05) is 0 Å². The summed E-state index contributed by atoms with van der Waals surface area (Å²) in [6.45, 7) is 1.01. The quantitative estimate of drug-likeness (QED) is 0.389. The van der Waals surface area contributed by atoms with E-state index in [0.29, 0.717) is 0 Å². The average molecular weight is 277 g/mol. The largest absolute Gasteiger partial charge is 0.454 e. The van der Waals surface area contributed by atoms with Crippen LogP contribution >= 0.6 is 0 Å². The van der Waals surface area contributed by atoms with Gasteiger partial charge in [-0.25, -0.2) is 9.79 Å². The van der Waals surface area contributed by atoms with Crippen molar-refractivity contribution in [3.8, 4) is 0 Å². The molecule has 1 rings (SSSR count). The first-order valence-corrected chi connectivity index (χ1v) is 5.59. The topological polar surface area (TPSA) is 146 Å². The number of nitrogens with two attached hydrogens (primary N) is 3. The molecule has 1 aromatic rings. The van der Waals surface area contributed by atoms with Crippen LogP contribution in [0.15, 0.2) is 34.3 Å². The molecule has 8 heteroatoms. The van der Waals surface area contributed by atoms with Crippen molar-refractivity contribution in [3.63, 3.8) is 0 Å². The van der Waals surface area contributed by atoms with E-state index in [-0.39, 0.29) is 35.6 Å². The van der Waals surface area contributed by atoms with E-state index in [4.69, 9.17) is 21.9 Å². The number of hydrogen-bond donors (Lipinski definition) is 3. The number of ether oxygens (including phenoxy) is 1. The van der Waals surface area contributed by atoms with Crippen LogP contribution in [0.1, 0.15) is 17.3 Å². The number of guanidine groups is 2. The van der Waals surface area contributed by atoms with Crippen LogP contribution in [0.25, 0.3) is 0 Å². The molecule has 8 nitrogen and oxygen atoms in total. The van der Waals surface area contributed by atoms with Crippen LogP contribution < -0.4 is 17.2 Å². The number of rotatable bonds is 4. The Morgan fingerprint density at radius 1 is 1.20 bits per heavy atom. The Hall–Kier alpha value is -2.90. The summed E-state index contributed by atoms with van der Waals surface area (Å²) < 4.78 is 4.81. The van der Waals surface area contributed by atoms with Crippen LogP contribution in [0.4, 0.5) is 5.69 Å². The maximum atomic E-state index is 11.8. The highest BCUT2D eigenvalue weighted by Crippen LogP contribution is 2.19. The van der Waals surface area contributed by atoms with E-state index in [1.807, 2.05) is 0 Å². The molecule has 6 N–H and O–H groups in total. The lowest BCUT2D eigenvalue weighted by molar-refractivity contribution is -0.120. The Morgan fingerprint density at radius 2 is 1.85 bits per heavy atom. The second-order valence-electron chi connectivity index (χ2n) is 3.80. The molecule has 0 saturated carbocycles. The second kappa shape index (κ2) is 6.88. The first-order chi connectivity index (χ1) is 9.40. The zero-order valence-electron chi connectivity index (χ0n) is 10.9. The summed E-state index contributed by atoms with van der Waals surface area (Å²) in [5.41, 5.74) is 16.2. The third-order valence-electron chi connectivity index (χ3n) is 2.01. The molecule has 0 aliphatic carbocycles. The smallest absolute Gasteiger partial charge is 0.340 e. The van der Waals surface area contributed by atoms with Gasteiger partial charge in [-0.15, -0.1) is 0 Å². The lowest BCUT2D eigenvalue weighted by atomic mass is 10.2. The number of hydrogen-bond acceptors (Lipinski definition) is 4. The number of ketones is 1. The summed E-state index contributed by atoms with van der Waals surface area (Å²) in [6, 6.07) is 6.31. The van der Waals surface area contributed by atoms with E-state index >= 15 is 0 Å². The van der Waals surface area contributed by atoms with Gasteiger partial charge < -0.3 is 21.9 Å². The van der Waals surface area contributed by atoms with Gasteiger partial charge in [-0.05, 0) is 19.1 Å². The van der Waals surface area contributed by atoms with Crippen LogP contribution in [0.3, 0.4) is 0 Å². The highest BCUT2D eigenvalue weighted by Gasteiger charge is 2.13. The molecule has 0 saturated heterocycles. The average Bonchev–Trinajstić information content (AvgIpc) is 2.35. The number of esters is 1. The second-order valence-corrected chi connectivity index (χ2v) is 3.80. The Kier molecular flexibility index (Phi) is 5.21. The minimum absolute atomic E-state index is 0.155. The summed E-state index contributed by atoms with van der Waals surface area (Å²) >= 11 is 0. The molecule has 106 valence electrons. The van der Waals surface area contributed by atoms with Crippen molar-refractivity contribution in [2.75, 3.05) is 6.61 Å². The summed E-state index contributed by atoms with van der Waals surface area (Å²) in [5.74, 6) is -1.39. The number of carbonyl (C=O) groups excluding carboxylic acids is 2. The van der Waals surface area contributed by atoms with E-state index in [9.17, 15) is 9.59 Å². The van der Waals surface area contributed by atoms with Crippen LogP contribution in [0, 0.1) is 0 Å². The lowest BCUT2D eigenvalue weighted by Crippen LogP contribution is -2.26. The monoisotopic (exact) mass is 277 g/mol. The van der Waals surface area contributed by atoms with Crippen LogP contribution in [-0.4, -0.2) is 30.3 Å². The standard InChI is InChI=1S/C12H15N5O3/c1-7(18)6-20-10(19)8-4-2-3-5-9(8)16-12(15)17-11(13)14/h2-5H,6H2,1H3,(H6,13,14,15,16,17). The van der Waals surface area contributed by atoms with Gasteiger partial charge in [-0.1, -0.05) is 12.1 Å². The molecule has 0 radical (unpaired) electrons. The fourth-order valence-electron chi connectivity index (χ4n) is 1.27. The normalized spacial score (nSPS) is 10.8. The Morgan fingerprint density at radius 3 is 2.45 bits per heavy atom. The van der Waals surface area contributed by atoms with Gasteiger partial charge in [-0.2, -0.15) is 4.99 Å². The SMILES string of the molecule is CC(=O)COC(=O)c1ccccc1N=C(N)N=C(N)N. The van der Waals surface area contributed by atoms with Gasteiger partial charge in [0.15, 0.2) is 11.7 Å². The third kappa shape index (κ3) is 4.77. The number of para-hydroxylation sites is 1. The summed E-state index contributed by atoms with van der Waals surface area (Å²) in [6.07, 6.45) is 0. The summed E-state index contributed by atoms with van der Waals surface area (Å²) in [7, 11) is 0. The van der Waals surface area contributed by atoms with Crippen LogP contribution in [0.5, 0.6) is 0 Å². The number of Topliss-reactive ketones (excluding diaryl/α,β-unsaturated/α-hetero) is 1. The van der Waals surface area contributed by atoms with E-state index in [1.54, 1.807) is 18.2 Å². The molecule has 0 amide bonds. The van der Waals surface area contributed by atoms with Crippen molar-refractivity contribution in [3.05, 3.63) is 29.8 Å². The van der Waals surface area contributed by atoms with Crippen molar-refractivity contribution >= 4 is 29.4 Å². The maximum Gasteiger partial charge on any atom is 0.340 e. The van der Waals surface area contributed by atoms with Crippen molar-refractivity contribution < 1.29 is 14.3 Å². The molecule has 0 heterocycles. The molecule has 0 aromatic heterocycles. The van der Waals surface area contributed by atoms with Gasteiger partial charge in [0.05, 0.1) is 11.3 Å². The highest BCUT2D eigenvalue weighted by molar-refractivity contribution is 5.99. The Labute approximate surface area is 115 Å². The molecule has 0 bridgehead atoms. The lowest BCUT2D eigenvalue weighted by Gasteiger charge is -2.05. The molecule has 0 spiro atoms. The number of aliphatic imine (C=N–C) groups is 2. The molecule has 1 aromatic carbocycles. The van der Waals surface area contributed by atoms with E-state index in [1.165, 1.54) is 13.0 Å². The summed E-state index contributed by atoms with van der Waals surface area (Å²) in [4.78, 5) is 30.0. The third-order valence-corrected chi connectivity index (χ3v) is 2.01. The number of benzene rings is 1. The number of carbonyl (C=O) groups is 2. The zero-order valence-corrected chi connectivity index (χ0v) is 10.9. The summed E-state index contributed by atoms with van der Waals surface area (Å²) in [5, 5.41) is 0. The van der Waals surface area contributed by atoms with Gasteiger partial charge in [0.25, 0.3) is 0 Å². The minimum Gasteiger partial charge on any atom is -0.454 e. The predicted molar refractivity (Wildman–Crippen MR) is 74.5 cm³/mol. The fraction of sp³-hybridized carbons (Fsp3) is 0.167. The molecule has 0 atom stereocenters.